The fourth-order valence-electron chi connectivity index (χ4n) is 4.41. The van der Waals surface area contributed by atoms with E-state index >= 15 is 0 Å². The number of benzene rings is 2. The SMILES string of the molecule is Cn1nccc1C(NC(=O)CCCCNC(=O)OCC1c2ccccc2-c2ccccc21)C(=O)O. The first-order chi connectivity index (χ1) is 17.0. The van der Waals surface area contributed by atoms with Gasteiger partial charge in [-0.15, -0.1) is 0 Å². The Morgan fingerprint density at radius 3 is 2.29 bits per heavy atom. The lowest BCUT2D eigenvalue weighted by atomic mass is 9.98. The van der Waals surface area contributed by atoms with E-state index in [4.69, 9.17) is 4.74 Å². The predicted octanol–water partition coefficient (Wildman–Crippen LogP) is 3.37. The molecule has 1 aliphatic rings. The summed E-state index contributed by atoms with van der Waals surface area (Å²) in [6, 6.07) is 16.7. The molecule has 1 atom stereocenters. The van der Waals surface area contributed by atoms with E-state index in [1.165, 1.54) is 22.0 Å². The van der Waals surface area contributed by atoms with Crippen LogP contribution >= 0.6 is 0 Å². The third-order valence-electron chi connectivity index (χ3n) is 6.15. The Hall–Kier alpha value is -4.14. The zero-order valence-electron chi connectivity index (χ0n) is 19.4. The first-order valence-electron chi connectivity index (χ1n) is 11.5. The average Bonchev–Trinajstić information content (AvgIpc) is 3.41. The van der Waals surface area contributed by atoms with Crippen LogP contribution in [0.5, 0.6) is 0 Å². The Labute approximate surface area is 203 Å². The van der Waals surface area contributed by atoms with Gasteiger partial charge in [0.15, 0.2) is 6.04 Å². The average molecular weight is 477 g/mol. The standard InChI is InChI=1S/C26H28N4O5/c1-30-22(13-15-28-30)24(25(32)33)29-23(31)12-6-7-14-27-26(34)35-16-21-19-10-4-2-8-17(19)18-9-3-5-11-20(18)21/h2-5,8-11,13,15,21,24H,6-7,12,14,16H2,1H3,(H,27,34)(H,29,31)(H,32,33). The molecule has 0 bridgehead atoms. The van der Waals surface area contributed by atoms with Gasteiger partial charge in [-0.1, -0.05) is 48.5 Å². The number of ether oxygens (including phenoxy) is 1. The molecule has 1 unspecified atom stereocenters. The number of alkyl carbamates (subject to hydrolysis) is 1. The zero-order valence-corrected chi connectivity index (χ0v) is 19.4. The van der Waals surface area contributed by atoms with Gasteiger partial charge in [-0.05, 0) is 41.2 Å². The number of carbonyl (C=O) groups excluding carboxylic acids is 2. The van der Waals surface area contributed by atoms with Crippen molar-refractivity contribution in [3.8, 4) is 11.1 Å². The number of amides is 2. The summed E-state index contributed by atoms with van der Waals surface area (Å²) < 4.78 is 6.91. The number of aryl methyl sites for hydroxylation is 1. The number of rotatable bonds is 10. The van der Waals surface area contributed by atoms with Gasteiger partial charge in [0.05, 0.1) is 5.69 Å². The normalized spacial score (nSPS) is 12.9. The van der Waals surface area contributed by atoms with Crippen molar-refractivity contribution in [2.24, 2.45) is 7.05 Å². The molecule has 9 heteroatoms. The summed E-state index contributed by atoms with van der Waals surface area (Å²) in [7, 11) is 1.62. The summed E-state index contributed by atoms with van der Waals surface area (Å²) in [5, 5.41) is 18.6. The third-order valence-corrected chi connectivity index (χ3v) is 6.15. The second-order valence-electron chi connectivity index (χ2n) is 8.43. The maximum Gasteiger partial charge on any atom is 0.407 e. The molecule has 0 fully saturated rings. The summed E-state index contributed by atoms with van der Waals surface area (Å²) in [5.41, 5.74) is 5.03. The molecule has 0 saturated carbocycles. The minimum Gasteiger partial charge on any atom is -0.479 e. The van der Waals surface area contributed by atoms with Gasteiger partial charge in [0, 0.05) is 32.1 Å². The molecule has 2 aromatic carbocycles. The molecule has 182 valence electrons. The lowest BCUT2D eigenvalue weighted by Gasteiger charge is -2.15. The topological polar surface area (TPSA) is 123 Å². The van der Waals surface area contributed by atoms with Gasteiger partial charge < -0.3 is 20.5 Å². The van der Waals surface area contributed by atoms with Crippen molar-refractivity contribution in [3.63, 3.8) is 0 Å². The number of hydrogen-bond donors (Lipinski definition) is 3. The first-order valence-corrected chi connectivity index (χ1v) is 11.5. The van der Waals surface area contributed by atoms with Gasteiger partial charge in [0.1, 0.15) is 6.61 Å². The summed E-state index contributed by atoms with van der Waals surface area (Å²) >= 11 is 0. The van der Waals surface area contributed by atoms with E-state index in [-0.39, 0.29) is 24.9 Å². The molecular formula is C26H28N4O5. The second-order valence-corrected chi connectivity index (χ2v) is 8.43. The molecule has 4 rings (SSSR count). The Morgan fingerprint density at radius 1 is 1.03 bits per heavy atom. The molecule has 1 aromatic heterocycles. The van der Waals surface area contributed by atoms with Gasteiger partial charge in [-0.3, -0.25) is 9.48 Å². The van der Waals surface area contributed by atoms with E-state index in [0.29, 0.717) is 25.1 Å². The molecule has 3 aromatic rings. The molecule has 0 aliphatic heterocycles. The number of aromatic nitrogens is 2. The van der Waals surface area contributed by atoms with E-state index in [2.05, 4.69) is 40.0 Å². The number of fused-ring (bicyclic) bond motifs is 3. The third kappa shape index (κ3) is 5.51. The largest absolute Gasteiger partial charge is 0.479 e. The molecule has 2 amide bonds. The van der Waals surface area contributed by atoms with Crippen molar-refractivity contribution < 1.29 is 24.2 Å². The number of aliphatic carboxylic acids is 1. The molecule has 3 N–H and O–H groups in total. The highest BCUT2D eigenvalue weighted by Gasteiger charge is 2.29. The number of unbranched alkanes of at least 4 members (excludes halogenated alkanes) is 1. The Bertz CT molecular complexity index is 1180. The second kappa shape index (κ2) is 10.9. The van der Waals surface area contributed by atoms with E-state index < -0.39 is 18.1 Å². The van der Waals surface area contributed by atoms with Crippen LogP contribution in [0, 0.1) is 0 Å². The van der Waals surface area contributed by atoms with Gasteiger partial charge in [-0.2, -0.15) is 5.10 Å². The minimum atomic E-state index is -1.16. The molecule has 1 heterocycles. The number of hydrogen-bond acceptors (Lipinski definition) is 5. The van der Waals surface area contributed by atoms with Crippen LogP contribution in [0.1, 0.15) is 48.0 Å². The lowest BCUT2D eigenvalue weighted by molar-refractivity contribution is -0.142. The molecule has 0 spiro atoms. The highest BCUT2D eigenvalue weighted by molar-refractivity contribution is 5.84. The van der Waals surface area contributed by atoms with Crippen molar-refractivity contribution in [1.29, 1.82) is 0 Å². The fourth-order valence-corrected chi connectivity index (χ4v) is 4.41. The van der Waals surface area contributed by atoms with Crippen molar-refractivity contribution in [2.45, 2.75) is 31.2 Å². The molecule has 9 nitrogen and oxygen atoms in total. The molecule has 35 heavy (non-hydrogen) atoms. The summed E-state index contributed by atoms with van der Waals surface area (Å²) in [4.78, 5) is 35.9. The Morgan fingerprint density at radius 2 is 1.69 bits per heavy atom. The Kier molecular flexibility index (Phi) is 7.45. The quantitative estimate of drug-likeness (QED) is 0.386. The lowest BCUT2D eigenvalue weighted by Crippen LogP contribution is -2.35. The van der Waals surface area contributed by atoms with Crippen LogP contribution in [0.25, 0.3) is 11.1 Å². The van der Waals surface area contributed by atoms with Crippen LogP contribution in [0.15, 0.2) is 60.8 Å². The van der Waals surface area contributed by atoms with Crippen LogP contribution < -0.4 is 10.6 Å². The monoisotopic (exact) mass is 476 g/mol. The molecule has 1 aliphatic carbocycles. The van der Waals surface area contributed by atoms with Crippen molar-refractivity contribution in [1.82, 2.24) is 20.4 Å². The summed E-state index contributed by atoms with van der Waals surface area (Å²) in [5.74, 6) is -1.53. The van der Waals surface area contributed by atoms with E-state index in [9.17, 15) is 19.5 Å². The molecule has 0 radical (unpaired) electrons. The van der Waals surface area contributed by atoms with Crippen LogP contribution in [0.4, 0.5) is 4.79 Å². The van der Waals surface area contributed by atoms with Crippen LogP contribution in [-0.4, -0.2) is 46.0 Å². The van der Waals surface area contributed by atoms with Crippen molar-refractivity contribution >= 4 is 18.0 Å². The number of nitrogens with one attached hydrogen (secondary N) is 2. The van der Waals surface area contributed by atoms with E-state index in [0.717, 1.165) is 11.1 Å². The maximum atomic E-state index is 12.2. The van der Waals surface area contributed by atoms with Gasteiger partial charge in [-0.25, -0.2) is 9.59 Å². The Balaban J connectivity index is 1.18. The van der Waals surface area contributed by atoms with Gasteiger partial charge in [0.2, 0.25) is 5.91 Å². The maximum absolute atomic E-state index is 12.2. The number of carboxylic acids is 1. The summed E-state index contributed by atoms with van der Waals surface area (Å²) in [6.07, 6.45) is 2.17. The van der Waals surface area contributed by atoms with Crippen LogP contribution in [0.2, 0.25) is 0 Å². The van der Waals surface area contributed by atoms with Crippen LogP contribution in [-0.2, 0) is 21.4 Å². The van der Waals surface area contributed by atoms with Gasteiger partial charge in [0.25, 0.3) is 0 Å². The zero-order chi connectivity index (χ0) is 24.8. The smallest absolute Gasteiger partial charge is 0.407 e. The highest BCUT2D eigenvalue weighted by Crippen LogP contribution is 2.44. The van der Waals surface area contributed by atoms with E-state index in [1.54, 1.807) is 13.1 Å². The predicted molar refractivity (Wildman–Crippen MR) is 129 cm³/mol. The van der Waals surface area contributed by atoms with Crippen LogP contribution in [0.3, 0.4) is 0 Å². The fraction of sp³-hybridized carbons (Fsp3) is 0.308. The first kappa shape index (κ1) is 24.0. The molecular weight excluding hydrogens is 448 g/mol. The van der Waals surface area contributed by atoms with Crippen molar-refractivity contribution in [2.75, 3.05) is 13.2 Å². The summed E-state index contributed by atoms with van der Waals surface area (Å²) in [6.45, 7) is 0.598. The number of carbonyl (C=O) groups is 3. The number of carboxylic acid groups (broad SMARTS) is 1. The minimum absolute atomic E-state index is 0.00143. The number of nitrogens with zero attached hydrogens (tertiary/aromatic N) is 2. The van der Waals surface area contributed by atoms with E-state index in [1.807, 2.05) is 24.3 Å². The van der Waals surface area contributed by atoms with Crippen molar-refractivity contribution in [3.05, 3.63) is 77.6 Å². The molecule has 0 saturated heterocycles. The highest BCUT2D eigenvalue weighted by atomic mass is 16.5. The van der Waals surface area contributed by atoms with Gasteiger partial charge >= 0.3 is 12.1 Å².